The molecule has 1 heterocycles. The van der Waals surface area contributed by atoms with Crippen LogP contribution < -0.4 is 15.8 Å². The van der Waals surface area contributed by atoms with Gasteiger partial charge in [0.25, 0.3) is 0 Å². The van der Waals surface area contributed by atoms with E-state index in [-0.39, 0.29) is 5.91 Å². The van der Waals surface area contributed by atoms with Crippen LogP contribution in [0.3, 0.4) is 0 Å². The van der Waals surface area contributed by atoms with Gasteiger partial charge in [0, 0.05) is 40.8 Å². The fourth-order valence-electron chi connectivity index (χ4n) is 1.84. The van der Waals surface area contributed by atoms with E-state index < -0.39 is 0 Å². The highest BCUT2D eigenvalue weighted by Gasteiger charge is 2.14. The van der Waals surface area contributed by atoms with Crippen molar-refractivity contribution in [2.75, 3.05) is 36.1 Å². The Morgan fingerprint density at radius 1 is 1.45 bits per heavy atom. The summed E-state index contributed by atoms with van der Waals surface area (Å²) < 4.78 is 5.50. The maximum Gasteiger partial charge on any atom is 0.223 e. The predicted octanol–water partition coefficient (Wildman–Crippen LogP) is 2.00. The van der Waals surface area contributed by atoms with E-state index in [0.29, 0.717) is 29.7 Å². The van der Waals surface area contributed by atoms with Gasteiger partial charge in [0.15, 0.2) is 0 Å². The van der Waals surface area contributed by atoms with E-state index in [1.807, 2.05) is 35.7 Å². The highest BCUT2D eigenvalue weighted by atomic mass is 32.2. The van der Waals surface area contributed by atoms with E-state index >= 15 is 0 Å². The number of nitrogen functional groups attached to an aromatic ring is 1. The first-order valence-electron chi connectivity index (χ1n) is 6.68. The lowest BCUT2D eigenvalue weighted by atomic mass is 10.3. The van der Waals surface area contributed by atoms with E-state index in [4.69, 9.17) is 10.5 Å². The second-order valence-electron chi connectivity index (χ2n) is 4.54. The summed E-state index contributed by atoms with van der Waals surface area (Å²) in [5.74, 6) is 4.29. The number of nitrogens with one attached hydrogen (secondary N) is 1. The minimum absolute atomic E-state index is 0.0464. The molecule has 1 amide bonds. The second-order valence-corrected chi connectivity index (χ2v) is 7.10. The van der Waals surface area contributed by atoms with Gasteiger partial charge in [0.05, 0.1) is 13.0 Å². The van der Waals surface area contributed by atoms with E-state index in [0.717, 1.165) is 12.3 Å². The Balaban J connectivity index is 1.60. The lowest BCUT2D eigenvalue weighted by Crippen LogP contribution is -2.34. The van der Waals surface area contributed by atoms with Crippen LogP contribution in [-0.4, -0.2) is 41.6 Å². The monoisotopic (exact) mass is 312 g/mol. The molecule has 0 saturated carbocycles. The van der Waals surface area contributed by atoms with Gasteiger partial charge in [-0.3, -0.25) is 4.79 Å². The molecule has 0 aromatic heterocycles. The number of rotatable bonds is 6. The Morgan fingerprint density at radius 2 is 2.35 bits per heavy atom. The molecule has 20 heavy (non-hydrogen) atoms. The zero-order valence-electron chi connectivity index (χ0n) is 11.3. The molecule has 0 spiro atoms. The molecule has 1 atom stereocenters. The quantitative estimate of drug-likeness (QED) is 0.787. The third-order valence-corrected chi connectivity index (χ3v) is 5.71. The molecular formula is C14H20N2O2S2. The van der Waals surface area contributed by atoms with Crippen LogP contribution in [0.25, 0.3) is 0 Å². The summed E-state index contributed by atoms with van der Waals surface area (Å²) in [4.78, 5) is 11.7. The molecule has 1 aliphatic heterocycles. The molecule has 3 N–H and O–H groups in total. The third-order valence-electron chi connectivity index (χ3n) is 2.87. The molecule has 0 radical (unpaired) electrons. The molecule has 1 unspecified atom stereocenters. The maximum atomic E-state index is 11.7. The summed E-state index contributed by atoms with van der Waals surface area (Å²) in [5, 5.41) is 3.52. The van der Waals surface area contributed by atoms with Crippen molar-refractivity contribution >= 4 is 35.1 Å². The molecule has 0 aliphatic carbocycles. The number of nitrogens with two attached hydrogens (primary N) is 1. The van der Waals surface area contributed by atoms with E-state index in [2.05, 4.69) is 5.32 Å². The van der Waals surface area contributed by atoms with Crippen molar-refractivity contribution in [3.8, 4) is 5.75 Å². The summed E-state index contributed by atoms with van der Waals surface area (Å²) in [5.41, 5.74) is 6.32. The van der Waals surface area contributed by atoms with Crippen molar-refractivity contribution in [3.63, 3.8) is 0 Å². The molecule has 2 rings (SSSR count). The number of carbonyl (C=O) groups is 1. The topological polar surface area (TPSA) is 64.3 Å². The van der Waals surface area contributed by atoms with Crippen molar-refractivity contribution < 1.29 is 9.53 Å². The predicted molar refractivity (Wildman–Crippen MR) is 87.5 cm³/mol. The molecule has 1 fully saturated rings. The van der Waals surface area contributed by atoms with Crippen LogP contribution in [0.4, 0.5) is 5.69 Å². The van der Waals surface area contributed by atoms with Crippen LogP contribution >= 0.6 is 23.5 Å². The van der Waals surface area contributed by atoms with Gasteiger partial charge in [-0.1, -0.05) is 6.07 Å². The van der Waals surface area contributed by atoms with Crippen molar-refractivity contribution in [2.45, 2.75) is 11.7 Å². The van der Waals surface area contributed by atoms with Gasteiger partial charge in [-0.2, -0.15) is 23.5 Å². The first-order chi connectivity index (χ1) is 9.74. The number of hydrogen-bond donors (Lipinski definition) is 2. The van der Waals surface area contributed by atoms with Crippen LogP contribution in [0.5, 0.6) is 5.75 Å². The molecule has 1 aliphatic rings. The Morgan fingerprint density at radius 3 is 3.10 bits per heavy atom. The van der Waals surface area contributed by atoms with Crippen molar-refractivity contribution in [2.24, 2.45) is 0 Å². The first kappa shape index (κ1) is 15.4. The number of thioether (sulfide) groups is 2. The Hall–Kier alpha value is -1.01. The van der Waals surface area contributed by atoms with Gasteiger partial charge in [-0.25, -0.2) is 0 Å². The lowest BCUT2D eigenvalue weighted by molar-refractivity contribution is -0.121. The van der Waals surface area contributed by atoms with Gasteiger partial charge in [-0.15, -0.1) is 0 Å². The van der Waals surface area contributed by atoms with E-state index in [9.17, 15) is 4.79 Å². The normalized spacial score (nSPS) is 18.5. The number of amides is 1. The second kappa shape index (κ2) is 8.32. The molecule has 1 aromatic carbocycles. The van der Waals surface area contributed by atoms with E-state index in [1.54, 1.807) is 12.1 Å². The number of anilines is 1. The third kappa shape index (κ3) is 5.54. The molecule has 4 nitrogen and oxygen atoms in total. The number of hydrogen-bond acceptors (Lipinski definition) is 5. The highest BCUT2D eigenvalue weighted by Crippen LogP contribution is 2.23. The molecule has 6 heteroatoms. The Kier molecular flexibility index (Phi) is 6.39. The fourth-order valence-corrected chi connectivity index (χ4v) is 4.45. The van der Waals surface area contributed by atoms with Crippen molar-refractivity contribution in [3.05, 3.63) is 24.3 Å². The Labute approximate surface area is 128 Å². The van der Waals surface area contributed by atoms with Gasteiger partial charge in [0.1, 0.15) is 5.75 Å². The average Bonchev–Trinajstić information content (AvgIpc) is 2.46. The zero-order valence-corrected chi connectivity index (χ0v) is 13.0. The lowest BCUT2D eigenvalue weighted by Gasteiger charge is -2.21. The van der Waals surface area contributed by atoms with Gasteiger partial charge in [0.2, 0.25) is 5.91 Å². The summed E-state index contributed by atoms with van der Waals surface area (Å²) in [7, 11) is 0. The van der Waals surface area contributed by atoms with Crippen LogP contribution in [0.2, 0.25) is 0 Å². The summed E-state index contributed by atoms with van der Waals surface area (Å²) in [6.07, 6.45) is 0.374. The first-order valence-corrected chi connectivity index (χ1v) is 8.89. The summed E-state index contributed by atoms with van der Waals surface area (Å²) >= 11 is 3.91. The van der Waals surface area contributed by atoms with Crippen LogP contribution in [0.15, 0.2) is 24.3 Å². The van der Waals surface area contributed by atoms with Gasteiger partial charge >= 0.3 is 0 Å². The molecule has 110 valence electrons. The minimum Gasteiger partial charge on any atom is -0.493 e. The molecule has 0 bridgehead atoms. The van der Waals surface area contributed by atoms with Crippen molar-refractivity contribution in [1.29, 1.82) is 0 Å². The number of carbonyl (C=O) groups excluding carboxylic acids is 1. The minimum atomic E-state index is 0.0464. The molecule has 1 saturated heterocycles. The average molecular weight is 312 g/mol. The number of benzene rings is 1. The highest BCUT2D eigenvalue weighted by molar-refractivity contribution is 8.06. The largest absolute Gasteiger partial charge is 0.493 e. The van der Waals surface area contributed by atoms with E-state index in [1.165, 1.54) is 11.5 Å². The summed E-state index contributed by atoms with van der Waals surface area (Å²) in [6.45, 7) is 1.14. The zero-order chi connectivity index (χ0) is 14.2. The van der Waals surface area contributed by atoms with Crippen LogP contribution in [0.1, 0.15) is 6.42 Å². The van der Waals surface area contributed by atoms with Crippen LogP contribution in [-0.2, 0) is 4.79 Å². The smallest absolute Gasteiger partial charge is 0.223 e. The van der Waals surface area contributed by atoms with Crippen molar-refractivity contribution in [1.82, 2.24) is 5.32 Å². The summed E-state index contributed by atoms with van der Waals surface area (Å²) in [6, 6.07) is 7.24. The SMILES string of the molecule is Nc1cccc(OCCC(=O)NCC2CSCCS2)c1. The number of ether oxygens (including phenoxy) is 1. The van der Waals surface area contributed by atoms with Gasteiger partial charge in [-0.05, 0) is 12.1 Å². The fraction of sp³-hybridized carbons (Fsp3) is 0.500. The van der Waals surface area contributed by atoms with Gasteiger partial charge < -0.3 is 15.8 Å². The molecular weight excluding hydrogens is 292 g/mol. The Bertz CT molecular complexity index is 437. The molecule has 1 aromatic rings. The maximum absolute atomic E-state index is 11.7. The standard InChI is InChI=1S/C14H20N2O2S2/c15-11-2-1-3-12(8-11)18-5-4-14(17)16-9-13-10-19-6-7-20-13/h1-3,8,13H,4-7,9-10,15H2,(H,16,17). The van der Waals surface area contributed by atoms with Crippen LogP contribution in [0, 0.1) is 0 Å².